The number of fused-ring (bicyclic) bond motifs is 3. The maximum absolute atomic E-state index is 12.4. The molecule has 3 saturated heterocycles. The standard InChI is InChI=1S/C28H35N5OS/c1-3-19(4-2)25-16-26(32-28(31-25)20-7-10-29-11-8-20)24-18-33-12-9-21(24)14-22(33)17-30-27(34)15-23-6-5-13-35-23/h5-8,10-11,13,16,19,21-22,24H,3-4,9,12,14-15,17-18H2,1-2H3,(H,30,34)/t21-,22+,24-/m0/s1. The molecule has 1 N–H and O–H groups in total. The molecule has 35 heavy (non-hydrogen) atoms. The highest BCUT2D eigenvalue weighted by molar-refractivity contribution is 7.10. The zero-order valence-electron chi connectivity index (χ0n) is 20.7. The van der Waals surface area contributed by atoms with Crippen molar-refractivity contribution in [1.29, 1.82) is 0 Å². The molecule has 3 fully saturated rings. The van der Waals surface area contributed by atoms with E-state index in [1.165, 1.54) is 17.8 Å². The lowest BCUT2D eigenvalue weighted by Crippen LogP contribution is -2.56. The molecule has 184 valence electrons. The van der Waals surface area contributed by atoms with E-state index in [2.05, 4.69) is 35.1 Å². The van der Waals surface area contributed by atoms with E-state index < -0.39 is 0 Å². The zero-order chi connectivity index (χ0) is 24.2. The summed E-state index contributed by atoms with van der Waals surface area (Å²) in [7, 11) is 0. The van der Waals surface area contributed by atoms with Crippen LogP contribution < -0.4 is 5.32 Å². The Labute approximate surface area is 212 Å². The fraction of sp³-hybridized carbons (Fsp3) is 0.500. The van der Waals surface area contributed by atoms with E-state index in [0.29, 0.717) is 30.2 Å². The normalized spacial score (nSPS) is 23.5. The van der Waals surface area contributed by atoms with Gasteiger partial charge in [0.25, 0.3) is 0 Å². The third-order valence-electron chi connectivity index (χ3n) is 7.82. The minimum Gasteiger partial charge on any atom is -0.354 e. The molecule has 1 amide bonds. The van der Waals surface area contributed by atoms with Crippen molar-refractivity contribution >= 4 is 17.2 Å². The van der Waals surface area contributed by atoms with Crippen LogP contribution in [0.3, 0.4) is 0 Å². The van der Waals surface area contributed by atoms with Crippen LogP contribution in [0.5, 0.6) is 0 Å². The molecule has 0 spiro atoms. The quantitative estimate of drug-likeness (QED) is 0.456. The van der Waals surface area contributed by atoms with Crippen molar-refractivity contribution in [2.75, 3.05) is 19.6 Å². The van der Waals surface area contributed by atoms with E-state index in [1.54, 1.807) is 11.3 Å². The summed E-state index contributed by atoms with van der Waals surface area (Å²) in [5, 5.41) is 5.22. The van der Waals surface area contributed by atoms with Crippen molar-refractivity contribution in [3.63, 3.8) is 0 Å². The zero-order valence-corrected chi connectivity index (χ0v) is 21.5. The van der Waals surface area contributed by atoms with Gasteiger partial charge in [-0.2, -0.15) is 0 Å². The fourth-order valence-electron chi connectivity index (χ4n) is 5.77. The second-order valence-corrected chi connectivity index (χ2v) is 10.9. The Morgan fingerprint density at radius 1 is 1.20 bits per heavy atom. The number of carbonyl (C=O) groups excluding carboxylic acids is 1. The van der Waals surface area contributed by atoms with E-state index in [-0.39, 0.29) is 5.91 Å². The first-order valence-corrected chi connectivity index (χ1v) is 13.8. The molecular weight excluding hydrogens is 454 g/mol. The molecule has 0 saturated carbocycles. The van der Waals surface area contributed by atoms with Crippen molar-refractivity contribution in [3.05, 3.63) is 64.4 Å². The van der Waals surface area contributed by atoms with Gasteiger partial charge >= 0.3 is 0 Å². The Bertz CT molecular complexity index is 1120. The van der Waals surface area contributed by atoms with E-state index in [1.807, 2.05) is 42.0 Å². The van der Waals surface area contributed by atoms with Crippen molar-refractivity contribution < 1.29 is 4.79 Å². The number of hydrogen-bond donors (Lipinski definition) is 1. The Kier molecular flexibility index (Phi) is 7.54. The molecule has 6 heterocycles. The average Bonchev–Trinajstić information content (AvgIpc) is 3.42. The maximum atomic E-state index is 12.4. The lowest BCUT2D eigenvalue weighted by Gasteiger charge is -2.49. The molecule has 3 aromatic heterocycles. The molecule has 7 heteroatoms. The van der Waals surface area contributed by atoms with E-state index in [0.717, 1.165) is 55.2 Å². The topological polar surface area (TPSA) is 71.0 Å². The number of carbonyl (C=O) groups is 1. The second kappa shape index (κ2) is 11.0. The van der Waals surface area contributed by atoms with Crippen LogP contribution in [0.2, 0.25) is 0 Å². The summed E-state index contributed by atoms with van der Waals surface area (Å²) < 4.78 is 0. The first-order chi connectivity index (χ1) is 17.1. The summed E-state index contributed by atoms with van der Waals surface area (Å²) in [6.45, 7) is 7.33. The number of aromatic nitrogens is 3. The van der Waals surface area contributed by atoms with Gasteiger partial charge in [0.05, 0.1) is 6.42 Å². The largest absolute Gasteiger partial charge is 0.354 e. The molecule has 3 aromatic rings. The summed E-state index contributed by atoms with van der Waals surface area (Å²) in [6, 6.07) is 10.7. The molecule has 3 aliphatic heterocycles. The van der Waals surface area contributed by atoms with Crippen molar-refractivity contribution in [2.24, 2.45) is 5.92 Å². The van der Waals surface area contributed by atoms with Crippen LogP contribution >= 0.6 is 11.3 Å². The highest BCUT2D eigenvalue weighted by atomic mass is 32.1. The number of amides is 1. The fourth-order valence-corrected chi connectivity index (χ4v) is 6.48. The number of hydrogen-bond acceptors (Lipinski definition) is 6. The number of rotatable bonds is 9. The van der Waals surface area contributed by atoms with Crippen molar-refractivity contribution in [1.82, 2.24) is 25.2 Å². The number of pyridine rings is 1. The summed E-state index contributed by atoms with van der Waals surface area (Å²) in [6.07, 6.45) is 8.57. The Morgan fingerprint density at radius 3 is 2.71 bits per heavy atom. The van der Waals surface area contributed by atoms with Gasteiger partial charge in [0, 0.05) is 65.2 Å². The number of nitrogens with one attached hydrogen (secondary N) is 1. The molecule has 0 aromatic carbocycles. The van der Waals surface area contributed by atoms with Crippen molar-refractivity contribution in [2.45, 2.75) is 63.8 Å². The van der Waals surface area contributed by atoms with Crippen LogP contribution in [0, 0.1) is 5.92 Å². The van der Waals surface area contributed by atoms with Gasteiger partial charge in [-0.25, -0.2) is 9.97 Å². The third-order valence-corrected chi connectivity index (χ3v) is 8.69. The molecule has 6 rings (SSSR count). The average molecular weight is 490 g/mol. The second-order valence-electron chi connectivity index (χ2n) is 9.89. The first-order valence-electron chi connectivity index (χ1n) is 13.0. The van der Waals surface area contributed by atoms with Gasteiger partial charge in [-0.15, -0.1) is 11.3 Å². The van der Waals surface area contributed by atoms with Gasteiger partial charge < -0.3 is 5.32 Å². The highest BCUT2D eigenvalue weighted by Crippen LogP contribution is 2.42. The molecule has 0 aliphatic carbocycles. The highest BCUT2D eigenvalue weighted by Gasteiger charge is 2.41. The smallest absolute Gasteiger partial charge is 0.225 e. The van der Waals surface area contributed by atoms with E-state index >= 15 is 0 Å². The lowest BCUT2D eigenvalue weighted by molar-refractivity contribution is -0.120. The van der Waals surface area contributed by atoms with Crippen LogP contribution in [0.25, 0.3) is 11.4 Å². The van der Waals surface area contributed by atoms with Crippen LogP contribution in [-0.4, -0.2) is 51.4 Å². The van der Waals surface area contributed by atoms with Crippen LogP contribution in [0.4, 0.5) is 0 Å². The molecular formula is C28H35N5OS. The summed E-state index contributed by atoms with van der Waals surface area (Å²) in [4.78, 5) is 30.4. The van der Waals surface area contributed by atoms with Gasteiger partial charge in [-0.1, -0.05) is 19.9 Å². The summed E-state index contributed by atoms with van der Waals surface area (Å²) in [5.74, 6) is 2.40. The molecule has 6 nitrogen and oxygen atoms in total. The maximum Gasteiger partial charge on any atom is 0.225 e. The van der Waals surface area contributed by atoms with E-state index in [9.17, 15) is 4.79 Å². The number of thiophene rings is 1. The van der Waals surface area contributed by atoms with Gasteiger partial charge in [-0.05, 0) is 67.8 Å². The third kappa shape index (κ3) is 5.46. The van der Waals surface area contributed by atoms with Crippen LogP contribution in [0.1, 0.15) is 67.6 Å². The SMILES string of the molecule is CCC(CC)c1cc([C@H]2CN3CC[C@H]2C[C@@H]3CNC(=O)Cc2cccs2)nc(-c2ccncc2)n1. The van der Waals surface area contributed by atoms with Crippen LogP contribution in [0.15, 0.2) is 48.1 Å². The van der Waals surface area contributed by atoms with Gasteiger partial charge in [0.1, 0.15) is 0 Å². The molecule has 1 unspecified atom stereocenters. The van der Waals surface area contributed by atoms with Crippen LogP contribution in [-0.2, 0) is 11.2 Å². The summed E-state index contributed by atoms with van der Waals surface area (Å²) >= 11 is 1.64. The first kappa shape index (κ1) is 24.1. The molecule has 3 aliphatic rings. The van der Waals surface area contributed by atoms with Gasteiger partial charge in [0.2, 0.25) is 5.91 Å². The predicted octanol–water partition coefficient (Wildman–Crippen LogP) is 5.04. The predicted molar refractivity (Wildman–Crippen MR) is 140 cm³/mol. The van der Waals surface area contributed by atoms with E-state index in [4.69, 9.17) is 9.97 Å². The number of nitrogens with zero attached hydrogens (tertiary/aromatic N) is 4. The van der Waals surface area contributed by atoms with Crippen molar-refractivity contribution in [3.8, 4) is 11.4 Å². The number of piperidine rings is 3. The van der Waals surface area contributed by atoms with Gasteiger partial charge in [0.15, 0.2) is 5.82 Å². The lowest BCUT2D eigenvalue weighted by atomic mass is 9.74. The monoisotopic (exact) mass is 489 g/mol. The Balaban J connectivity index is 1.31. The van der Waals surface area contributed by atoms with Gasteiger partial charge in [-0.3, -0.25) is 14.7 Å². The molecule has 2 bridgehead atoms. The molecule has 0 radical (unpaired) electrons. The summed E-state index contributed by atoms with van der Waals surface area (Å²) in [5.41, 5.74) is 3.38. The minimum atomic E-state index is 0.124. The minimum absolute atomic E-state index is 0.124. The Hall–Kier alpha value is -2.64. The Morgan fingerprint density at radius 2 is 2.03 bits per heavy atom. The molecule has 4 atom stereocenters.